The Kier molecular flexibility index (Phi) is 3.48. The summed E-state index contributed by atoms with van der Waals surface area (Å²) >= 11 is 0. The Balaban J connectivity index is 1.89. The Hall–Kier alpha value is -1.82. The second kappa shape index (κ2) is 5.28. The highest BCUT2D eigenvalue weighted by atomic mass is 19.2. The molecule has 0 fully saturated rings. The molecule has 1 aliphatic heterocycles. The van der Waals surface area contributed by atoms with Crippen molar-refractivity contribution in [1.82, 2.24) is 14.8 Å². The summed E-state index contributed by atoms with van der Waals surface area (Å²) in [6, 6.07) is 4.19. The fourth-order valence-corrected chi connectivity index (χ4v) is 2.63. The highest BCUT2D eigenvalue weighted by molar-refractivity contribution is 5.23. The largest absolute Gasteiger partial charge is 0.330 e. The molecule has 0 amide bonds. The van der Waals surface area contributed by atoms with Crippen LogP contribution in [0, 0.1) is 17.6 Å². The van der Waals surface area contributed by atoms with E-state index in [1.807, 2.05) is 4.57 Å². The summed E-state index contributed by atoms with van der Waals surface area (Å²) in [7, 11) is 0. The highest BCUT2D eigenvalue weighted by Crippen LogP contribution is 2.21. The van der Waals surface area contributed by atoms with E-state index in [1.54, 1.807) is 6.07 Å². The quantitative estimate of drug-likeness (QED) is 0.929. The molecule has 0 aliphatic carbocycles. The number of hydrogen-bond acceptors (Lipinski definition) is 3. The first-order valence-corrected chi connectivity index (χ1v) is 6.73. The van der Waals surface area contributed by atoms with Crippen LogP contribution in [0.4, 0.5) is 8.78 Å². The third-order valence-electron chi connectivity index (χ3n) is 3.83. The van der Waals surface area contributed by atoms with Crippen molar-refractivity contribution in [3.8, 4) is 0 Å². The van der Waals surface area contributed by atoms with Gasteiger partial charge in [-0.2, -0.15) is 0 Å². The number of benzene rings is 1. The molecule has 2 heterocycles. The van der Waals surface area contributed by atoms with Gasteiger partial charge in [0, 0.05) is 19.4 Å². The zero-order valence-corrected chi connectivity index (χ0v) is 11.0. The molecule has 0 spiro atoms. The maximum Gasteiger partial charge on any atom is 0.162 e. The van der Waals surface area contributed by atoms with Crippen LogP contribution in [0.1, 0.15) is 23.6 Å². The predicted octanol–water partition coefficient (Wildman–Crippen LogP) is 1.67. The summed E-state index contributed by atoms with van der Waals surface area (Å²) in [6.07, 6.45) is 2.08. The summed E-state index contributed by atoms with van der Waals surface area (Å²) < 4.78 is 28.9. The van der Waals surface area contributed by atoms with Crippen LogP contribution in [0.2, 0.25) is 0 Å². The van der Waals surface area contributed by atoms with E-state index in [0.29, 0.717) is 23.9 Å². The van der Waals surface area contributed by atoms with E-state index in [2.05, 4.69) is 10.2 Å². The lowest BCUT2D eigenvalue weighted by Crippen LogP contribution is -2.27. The molecule has 1 unspecified atom stereocenters. The van der Waals surface area contributed by atoms with Crippen LogP contribution in [0.25, 0.3) is 0 Å². The van der Waals surface area contributed by atoms with Crippen LogP contribution in [-0.4, -0.2) is 21.3 Å². The molecule has 0 radical (unpaired) electrons. The van der Waals surface area contributed by atoms with Gasteiger partial charge in [0.1, 0.15) is 11.6 Å². The van der Waals surface area contributed by atoms with E-state index in [-0.39, 0.29) is 6.42 Å². The molecule has 0 saturated carbocycles. The van der Waals surface area contributed by atoms with Gasteiger partial charge in [0.15, 0.2) is 11.6 Å². The van der Waals surface area contributed by atoms with E-state index in [0.717, 1.165) is 31.3 Å². The monoisotopic (exact) mass is 278 g/mol. The van der Waals surface area contributed by atoms with Crippen molar-refractivity contribution < 1.29 is 8.78 Å². The van der Waals surface area contributed by atoms with Crippen LogP contribution in [0.3, 0.4) is 0 Å². The van der Waals surface area contributed by atoms with Crippen molar-refractivity contribution in [3.05, 3.63) is 47.0 Å². The third-order valence-corrected chi connectivity index (χ3v) is 3.83. The predicted molar refractivity (Wildman–Crippen MR) is 70.1 cm³/mol. The normalized spacial score (nSPS) is 18.1. The van der Waals surface area contributed by atoms with Gasteiger partial charge in [0.2, 0.25) is 0 Å². The molecule has 0 saturated heterocycles. The van der Waals surface area contributed by atoms with Crippen LogP contribution in [-0.2, 0) is 19.4 Å². The first-order valence-electron chi connectivity index (χ1n) is 6.73. The second-order valence-electron chi connectivity index (χ2n) is 5.17. The maximum absolute atomic E-state index is 13.7. The van der Waals surface area contributed by atoms with Gasteiger partial charge >= 0.3 is 0 Å². The van der Waals surface area contributed by atoms with E-state index in [9.17, 15) is 8.78 Å². The average molecular weight is 278 g/mol. The number of aromatic nitrogens is 3. The lowest BCUT2D eigenvalue weighted by Gasteiger charge is -2.23. The van der Waals surface area contributed by atoms with Gasteiger partial charge in [0.25, 0.3) is 0 Å². The number of hydrogen-bond donors (Lipinski definition) is 1. The molecule has 4 nitrogen and oxygen atoms in total. The van der Waals surface area contributed by atoms with Gasteiger partial charge in [-0.3, -0.25) is 0 Å². The summed E-state index contributed by atoms with van der Waals surface area (Å²) in [6.45, 7) is 1.37. The van der Waals surface area contributed by atoms with Gasteiger partial charge in [-0.1, -0.05) is 12.1 Å². The molecule has 6 heteroatoms. The Morgan fingerprint density at radius 3 is 2.95 bits per heavy atom. The number of nitrogens with zero attached hydrogens (tertiary/aromatic N) is 3. The molecule has 1 aromatic carbocycles. The molecule has 1 atom stereocenters. The number of rotatable bonds is 3. The van der Waals surface area contributed by atoms with Crippen LogP contribution < -0.4 is 5.73 Å². The Bertz CT molecular complexity index is 624. The van der Waals surface area contributed by atoms with Crippen LogP contribution >= 0.6 is 0 Å². The summed E-state index contributed by atoms with van der Waals surface area (Å²) in [5.74, 6) is 0.329. The van der Waals surface area contributed by atoms with Gasteiger partial charge in [-0.05, 0) is 30.5 Å². The van der Waals surface area contributed by atoms with Crippen molar-refractivity contribution in [2.75, 3.05) is 6.54 Å². The minimum Gasteiger partial charge on any atom is -0.330 e. The Labute approximate surface area is 115 Å². The summed E-state index contributed by atoms with van der Waals surface area (Å²) in [4.78, 5) is 0. The molecular formula is C14H16F2N4. The first-order chi connectivity index (χ1) is 9.69. The van der Waals surface area contributed by atoms with Crippen molar-refractivity contribution >= 4 is 0 Å². The summed E-state index contributed by atoms with van der Waals surface area (Å²) in [5, 5.41) is 8.25. The topological polar surface area (TPSA) is 56.7 Å². The number of halogens is 2. The van der Waals surface area contributed by atoms with Crippen LogP contribution in [0.15, 0.2) is 18.2 Å². The van der Waals surface area contributed by atoms with Crippen molar-refractivity contribution in [3.63, 3.8) is 0 Å². The molecule has 0 bridgehead atoms. The van der Waals surface area contributed by atoms with Crippen molar-refractivity contribution in [2.24, 2.45) is 11.7 Å². The first kappa shape index (κ1) is 13.2. The summed E-state index contributed by atoms with van der Waals surface area (Å²) in [5.41, 5.74) is 6.01. The standard InChI is InChI=1S/C14H16F2N4/c15-11-3-1-2-10(14(11)16)6-13-19-18-12-5-4-9(7-17)8-20(12)13/h1-3,9H,4-8,17H2. The van der Waals surface area contributed by atoms with E-state index in [1.165, 1.54) is 6.07 Å². The van der Waals surface area contributed by atoms with Crippen LogP contribution in [0.5, 0.6) is 0 Å². The number of fused-ring (bicyclic) bond motifs is 1. The number of aryl methyl sites for hydroxylation is 1. The molecule has 3 rings (SSSR count). The molecular weight excluding hydrogens is 262 g/mol. The van der Waals surface area contributed by atoms with Gasteiger partial charge in [-0.15, -0.1) is 10.2 Å². The minimum absolute atomic E-state index is 0.244. The average Bonchev–Trinajstić information content (AvgIpc) is 2.86. The highest BCUT2D eigenvalue weighted by Gasteiger charge is 2.22. The lowest BCUT2D eigenvalue weighted by molar-refractivity contribution is 0.367. The Morgan fingerprint density at radius 1 is 1.30 bits per heavy atom. The lowest BCUT2D eigenvalue weighted by atomic mass is 9.99. The third kappa shape index (κ3) is 2.31. The zero-order chi connectivity index (χ0) is 14.1. The minimum atomic E-state index is -0.833. The fraction of sp³-hybridized carbons (Fsp3) is 0.429. The Morgan fingerprint density at radius 2 is 2.15 bits per heavy atom. The maximum atomic E-state index is 13.7. The van der Waals surface area contributed by atoms with Gasteiger partial charge < -0.3 is 10.3 Å². The van der Waals surface area contributed by atoms with Crippen molar-refractivity contribution in [1.29, 1.82) is 0 Å². The second-order valence-corrected chi connectivity index (χ2v) is 5.17. The SMILES string of the molecule is NCC1CCc2nnc(Cc3cccc(F)c3F)n2C1. The van der Waals surface area contributed by atoms with Gasteiger partial charge in [0.05, 0.1) is 0 Å². The molecule has 2 aromatic rings. The molecule has 1 aromatic heterocycles. The molecule has 20 heavy (non-hydrogen) atoms. The fourth-order valence-electron chi connectivity index (χ4n) is 2.63. The molecule has 106 valence electrons. The smallest absolute Gasteiger partial charge is 0.162 e. The van der Waals surface area contributed by atoms with E-state index < -0.39 is 11.6 Å². The number of nitrogens with two attached hydrogens (primary N) is 1. The molecule has 1 aliphatic rings. The zero-order valence-electron chi connectivity index (χ0n) is 11.0. The molecule has 2 N–H and O–H groups in total. The van der Waals surface area contributed by atoms with Gasteiger partial charge in [-0.25, -0.2) is 8.78 Å². The van der Waals surface area contributed by atoms with Crippen molar-refractivity contribution in [2.45, 2.75) is 25.8 Å². The van der Waals surface area contributed by atoms with E-state index in [4.69, 9.17) is 5.73 Å². The van der Waals surface area contributed by atoms with E-state index >= 15 is 0 Å².